The van der Waals surface area contributed by atoms with Gasteiger partial charge < -0.3 is 14.7 Å². The topological polar surface area (TPSA) is 66.8 Å². The number of amides is 1. The number of nitrogens with zero attached hydrogens (tertiary/aromatic N) is 1. The molecular weight excluding hydrogens is 246 g/mol. The highest BCUT2D eigenvalue weighted by Gasteiger charge is 2.48. The van der Waals surface area contributed by atoms with Gasteiger partial charge in [0, 0.05) is 26.6 Å². The second-order valence-corrected chi connectivity index (χ2v) is 5.77. The zero-order valence-electron chi connectivity index (χ0n) is 12.3. The van der Waals surface area contributed by atoms with E-state index in [-0.39, 0.29) is 17.9 Å². The van der Waals surface area contributed by atoms with Gasteiger partial charge in [-0.3, -0.25) is 9.59 Å². The van der Waals surface area contributed by atoms with Crippen molar-refractivity contribution in [3.63, 3.8) is 0 Å². The molecule has 0 aromatic rings. The minimum absolute atomic E-state index is 0.0284. The highest BCUT2D eigenvalue weighted by Crippen LogP contribution is 2.38. The smallest absolute Gasteiger partial charge is 0.311 e. The number of ether oxygens (including phenoxy) is 1. The van der Waals surface area contributed by atoms with Crippen molar-refractivity contribution in [1.29, 1.82) is 0 Å². The monoisotopic (exact) mass is 271 g/mol. The van der Waals surface area contributed by atoms with Gasteiger partial charge in [-0.1, -0.05) is 13.8 Å². The molecule has 0 spiro atoms. The van der Waals surface area contributed by atoms with E-state index in [1.807, 2.05) is 20.8 Å². The van der Waals surface area contributed by atoms with Gasteiger partial charge in [-0.15, -0.1) is 0 Å². The van der Waals surface area contributed by atoms with Gasteiger partial charge in [0.25, 0.3) is 0 Å². The predicted molar refractivity (Wildman–Crippen MR) is 71.8 cm³/mol. The van der Waals surface area contributed by atoms with Crippen LogP contribution in [-0.2, 0) is 14.3 Å². The van der Waals surface area contributed by atoms with Gasteiger partial charge in [0.2, 0.25) is 5.91 Å². The van der Waals surface area contributed by atoms with Crippen LogP contribution in [0, 0.1) is 11.3 Å². The average molecular weight is 271 g/mol. The van der Waals surface area contributed by atoms with Crippen molar-refractivity contribution in [3.05, 3.63) is 0 Å². The Kier molecular flexibility index (Phi) is 5.35. The SMILES string of the molecule is COC(C)CCC(=O)N1CCC(C(=O)O)(C(C)C)C1. The first-order chi connectivity index (χ1) is 8.83. The van der Waals surface area contributed by atoms with E-state index >= 15 is 0 Å². The van der Waals surface area contributed by atoms with Crippen LogP contribution in [0.4, 0.5) is 0 Å². The number of carbonyl (C=O) groups is 2. The van der Waals surface area contributed by atoms with E-state index in [1.54, 1.807) is 12.0 Å². The lowest BCUT2D eigenvalue weighted by Gasteiger charge is -2.28. The Morgan fingerprint density at radius 2 is 2.00 bits per heavy atom. The summed E-state index contributed by atoms with van der Waals surface area (Å²) in [5.41, 5.74) is -0.775. The number of carboxylic acid groups (broad SMARTS) is 1. The van der Waals surface area contributed by atoms with E-state index in [4.69, 9.17) is 4.74 Å². The lowest BCUT2D eigenvalue weighted by atomic mass is 9.76. The number of hydrogen-bond acceptors (Lipinski definition) is 3. The number of carbonyl (C=O) groups excluding carboxylic acids is 1. The third-order valence-electron chi connectivity index (χ3n) is 4.35. The molecule has 1 N–H and O–H groups in total. The molecule has 1 heterocycles. The first-order valence-electron chi connectivity index (χ1n) is 6.87. The third kappa shape index (κ3) is 3.47. The Hall–Kier alpha value is -1.10. The van der Waals surface area contributed by atoms with E-state index in [0.29, 0.717) is 32.4 Å². The molecule has 0 saturated carbocycles. The number of methoxy groups -OCH3 is 1. The molecule has 0 radical (unpaired) electrons. The summed E-state index contributed by atoms with van der Waals surface area (Å²) in [4.78, 5) is 25.3. The van der Waals surface area contributed by atoms with Gasteiger partial charge in [-0.25, -0.2) is 0 Å². The standard InChI is InChI=1S/C14H25NO4/c1-10(2)14(13(17)18)7-8-15(9-14)12(16)6-5-11(3)19-4/h10-11H,5-9H2,1-4H3,(H,17,18). The van der Waals surface area contributed by atoms with Crippen LogP contribution in [-0.4, -0.2) is 48.2 Å². The van der Waals surface area contributed by atoms with Crippen LogP contribution < -0.4 is 0 Å². The van der Waals surface area contributed by atoms with Crippen molar-refractivity contribution in [3.8, 4) is 0 Å². The zero-order valence-corrected chi connectivity index (χ0v) is 12.3. The van der Waals surface area contributed by atoms with Crippen LogP contribution >= 0.6 is 0 Å². The van der Waals surface area contributed by atoms with Gasteiger partial charge in [0.1, 0.15) is 0 Å². The fourth-order valence-electron chi connectivity index (χ4n) is 2.54. The highest BCUT2D eigenvalue weighted by molar-refractivity contribution is 5.80. The van der Waals surface area contributed by atoms with Crippen molar-refractivity contribution in [2.45, 2.75) is 46.1 Å². The third-order valence-corrected chi connectivity index (χ3v) is 4.35. The van der Waals surface area contributed by atoms with Gasteiger partial charge in [-0.2, -0.15) is 0 Å². The van der Waals surface area contributed by atoms with Gasteiger partial charge in [-0.05, 0) is 25.7 Å². The normalized spacial score (nSPS) is 24.8. The zero-order chi connectivity index (χ0) is 14.6. The number of carboxylic acids is 1. The predicted octanol–water partition coefficient (Wildman–Crippen LogP) is 1.76. The van der Waals surface area contributed by atoms with E-state index < -0.39 is 11.4 Å². The highest BCUT2D eigenvalue weighted by atomic mass is 16.5. The van der Waals surface area contributed by atoms with Crippen molar-refractivity contribution >= 4 is 11.9 Å². The van der Waals surface area contributed by atoms with E-state index in [9.17, 15) is 14.7 Å². The van der Waals surface area contributed by atoms with E-state index in [0.717, 1.165) is 0 Å². The summed E-state index contributed by atoms with van der Waals surface area (Å²) in [5.74, 6) is -0.726. The first-order valence-corrected chi connectivity index (χ1v) is 6.87. The lowest BCUT2D eigenvalue weighted by molar-refractivity contribution is -0.151. The van der Waals surface area contributed by atoms with E-state index in [2.05, 4.69) is 0 Å². The molecule has 0 aromatic carbocycles. The maximum Gasteiger partial charge on any atom is 0.311 e. The summed E-state index contributed by atoms with van der Waals surface area (Å²) in [7, 11) is 1.62. The van der Waals surface area contributed by atoms with Gasteiger partial charge in [0.15, 0.2) is 0 Å². The summed E-state index contributed by atoms with van der Waals surface area (Å²) in [6.07, 6.45) is 1.70. The van der Waals surface area contributed by atoms with Crippen LogP contribution in [0.15, 0.2) is 0 Å². The van der Waals surface area contributed by atoms with E-state index in [1.165, 1.54) is 0 Å². The van der Waals surface area contributed by atoms with Crippen molar-refractivity contribution < 1.29 is 19.4 Å². The Labute approximate surface area is 114 Å². The molecular formula is C14H25NO4. The van der Waals surface area contributed by atoms with Crippen LogP contribution in [0.25, 0.3) is 0 Å². The molecule has 5 nitrogen and oxygen atoms in total. The molecule has 1 aliphatic rings. The average Bonchev–Trinajstić information content (AvgIpc) is 2.81. The molecule has 110 valence electrons. The quantitative estimate of drug-likeness (QED) is 0.799. The molecule has 5 heteroatoms. The first kappa shape index (κ1) is 16.0. The summed E-state index contributed by atoms with van der Waals surface area (Å²) in [6.45, 7) is 6.63. The van der Waals surface area contributed by atoms with Gasteiger partial charge in [0.05, 0.1) is 11.5 Å². The molecule has 2 atom stereocenters. The maximum atomic E-state index is 12.1. The molecule has 0 aliphatic carbocycles. The largest absolute Gasteiger partial charge is 0.481 e. The number of hydrogen-bond donors (Lipinski definition) is 1. The van der Waals surface area contributed by atoms with Crippen LogP contribution in [0.5, 0.6) is 0 Å². The van der Waals surface area contributed by atoms with Crippen LogP contribution in [0.1, 0.15) is 40.0 Å². The molecule has 2 unspecified atom stereocenters. The molecule has 1 fully saturated rings. The number of likely N-dealkylation sites (tertiary alicyclic amines) is 1. The molecule has 19 heavy (non-hydrogen) atoms. The van der Waals surface area contributed by atoms with Crippen LogP contribution in [0.2, 0.25) is 0 Å². The Morgan fingerprint density at radius 3 is 2.42 bits per heavy atom. The minimum atomic E-state index is -0.789. The lowest BCUT2D eigenvalue weighted by Crippen LogP contribution is -2.40. The fourth-order valence-corrected chi connectivity index (χ4v) is 2.54. The second-order valence-electron chi connectivity index (χ2n) is 5.77. The van der Waals surface area contributed by atoms with Crippen molar-refractivity contribution in [2.24, 2.45) is 11.3 Å². The number of rotatable bonds is 6. The summed E-state index contributed by atoms with van der Waals surface area (Å²) >= 11 is 0. The molecule has 1 rings (SSSR count). The van der Waals surface area contributed by atoms with Crippen LogP contribution in [0.3, 0.4) is 0 Å². The summed E-state index contributed by atoms with van der Waals surface area (Å²) in [5, 5.41) is 9.43. The summed E-state index contributed by atoms with van der Waals surface area (Å²) in [6, 6.07) is 0. The molecule has 1 aliphatic heterocycles. The molecule has 0 bridgehead atoms. The molecule has 1 amide bonds. The van der Waals surface area contributed by atoms with Crippen molar-refractivity contribution in [2.75, 3.05) is 20.2 Å². The van der Waals surface area contributed by atoms with Gasteiger partial charge >= 0.3 is 5.97 Å². The summed E-state index contributed by atoms with van der Waals surface area (Å²) < 4.78 is 5.12. The van der Waals surface area contributed by atoms with Crippen molar-refractivity contribution in [1.82, 2.24) is 4.90 Å². The second kappa shape index (κ2) is 6.37. The molecule has 0 aromatic heterocycles. The fraction of sp³-hybridized carbons (Fsp3) is 0.857. The Bertz CT molecular complexity index is 342. The Morgan fingerprint density at radius 1 is 1.37 bits per heavy atom. The molecule has 1 saturated heterocycles. The maximum absolute atomic E-state index is 12.1. The Balaban J connectivity index is 2.59. The minimum Gasteiger partial charge on any atom is -0.481 e. The number of aliphatic carboxylic acids is 1.